The molecule has 1 aliphatic carbocycles. The average Bonchev–Trinajstić information content (AvgIpc) is 3.09. The zero-order chi connectivity index (χ0) is 15.9. The Labute approximate surface area is 135 Å². The number of nitrogens with one attached hydrogen (secondary N) is 1. The van der Waals surface area contributed by atoms with Crippen LogP contribution in [0, 0.1) is 0 Å². The molecule has 1 saturated carbocycles. The Hall–Kier alpha value is -2.37. The van der Waals surface area contributed by atoms with E-state index >= 15 is 0 Å². The fraction of sp³-hybridized carbons (Fsp3) is 0.471. The largest absolute Gasteiger partial charge is 0.488 e. The Morgan fingerprint density at radius 3 is 2.87 bits per heavy atom. The number of hydrogen-bond donors (Lipinski definition) is 1. The summed E-state index contributed by atoms with van der Waals surface area (Å²) in [5, 5.41) is 7.13. The molecule has 122 valence electrons. The van der Waals surface area contributed by atoms with Gasteiger partial charge in [-0.1, -0.05) is 24.6 Å². The van der Waals surface area contributed by atoms with Gasteiger partial charge in [-0.15, -0.1) is 0 Å². The van der Waals surface area contributed by atoms with E-state index in [1.165, 1.54) is 6.33 Å². The van der Waals surface area contributed by atoms with Crippen LogP contribution in [0.25, 0.3) is 0 Å². The maximum atomic E-state index is 12.2. The highest BCUT2D eigenvalue weighted by Crippen LogP contribution is 2.24. The highest BCUT2D eigenvalue weighted by Gasteiger charge is 2.28. The summed E-state index contributed by atoms with van der Waals surface area (Å²) in [6.07, 6.45) is 7.75. The first-order chi connectivity index (χ1) is 11.3. The predicted octanol–water partition coefficient (Wildman–Crippen LogP) is 2.17. The van der Waals surface area contributed by atoms with Gasteiger partial charge in [0.25, 0.3) is 0 Å². The van der Waals surface area contributed by atoms with Crippen molar-refractivity contribution in [2.24, 2.45) is 0 Å². The number of aromatic nitrogens is 3. The number of nitrogens with zero attached hydrogens (tertiary/aromatic N) is 3. The first-order valence-corrected chi connectivity index (χ1v) is 8.15. The molecular weight excluding hydrogens is 292 g/mol. The molecule has 6 nitrogen and oxygen atoms in total. The number of amides is 1. The van der Waals surface area contributed by atoms with E-state index in [2.05, 4.69) is 15.4 Å². The predicted molar refractivity (Wildman–Crippen MR) is 85.9 cm³/mol. The highest BCUT2D eigenvalue weighted by molar-refractivity contribution is 5.76. The molecule has 1 heterocycles. The third-order valence-corrected chi connectivity index (χ3v) is 4.11. The molecule has 1 amide bonds. The third-order valence-electron chi connectivity index (χ3n) is 4.11. The van der Waals surface area contributed by atoms with E-state index in [1.807, 2.05) is 30.3 Å². The number of ether oxygens (including phenoxy) is 1. The topological polar surface area (TPSA) is 69.0 Å². The summed E-state index contributed by atoms with van der Waals surface area (Å²) < 4.78 is 7.74. The Bertz CT molecular complexity index is 600. The zero-order valence-corrected chi connectivity index (χ0v) is 13.1. The van der Waals surface area contributed by atoms with Crippen LogP contribution in [0.15, 0.2) is 43.0 Å². The molecule has 0 spiro atoms. The number of carbonyl (C=O) groups excluding carboxylic acids is 1. The van der Waals surface area contributed by atoms with Crippen molar-refractivity contribution in [2.75, 3.05) is 0 Å². The van der Waals surface area contributed by atoms with Crippen LogP contribution >= 0.6 is 0 Å². The van der Waals surface area contributed by atoms with Gasteiger partial charge in [0.1, 0.15) is 24.5 Å². The molecule has 1 aromatic carbocycles. The summed E-state index contributed by atoms with van der Waals surface area (Å²) in [5.74, 6) is 0.898. The maximum Gasteiger partial charge on any atom is 0.222 e. The minimum absolute atomic E-state index is 0.0362. The van der Waals surface area contributed by atoms with Crippen molar-refractivity contribution >= 4 is 5.91 Å². The summed E-state index contributed by atoms with van der Waals surface area (Å²) in [5.41, 5.74) is 0. The molecule has 1 aliphatic rings. The average molecular weight is 314 g/mol. The molecule has 0 bridgehead atoms. The summed E-state index contributed by atoms with van der Waals surface area (Å²) in [4.78, 5) is 16.1. The monoisotopic (exact) mass is 314 g/mol. The first kappa shape index (κ1) is 15.5. The summed E-state index contributed by atoms with van der Waals surface area (Å²) in [6.45, 7) is 0.544. The number of rotatable bonds is 6. The van der Waals surface area contributed by atoms with E-state index in [1.54, 1.807) is 11.0 Å². The van der Waals surface area contributed by atoms with Gasteiger partial charge in [-0.05, 0) is 31.4 Å². The molecule has 2 aromatic rings. The van der Waals surface area contributed by atoms with Crippen molar-refractivity contribution in [1.82, 2.24) is 20.1 Å². The molecule has 1 fully saturated rings. The van der Waals surface area contributed by atoms with Crippen molar-refractivity contribution in [1.29, 1.82) is 0 Å². The van der Waals surface area contributed by atoms with Crippen LogP contribution in [0.4, 0.5) is 0 Å². The number of benzene rings is 1. The lowest BCUT2D eigenvalue weighted by Gasteiger charge is -2.32. The standard InChI is InChI=1S/C17H22N4O2/c22-17(10-11-21-13-18-12-19-21)20-15-8-4-5-9-16(15)23-14-6-2-1-3-7-14/h1-3,6-7,12-13,15-16H,4-5,8-11H2,(H,20,22)/t15-,16-/m1/s1. The highest BCUT2D eigenvalue weighted by atomic mass is 16.5. The Morgan fingerprint density at radius 1 is 1.26 bits per heavy atom. The van der Waals surface area contributed by atoms with E-state index in [-0.39, 0.29) is 18.1 Å². The van der Waals surface area contributed by atoms with Crippen LogP contribution < -0.4 is 10.1 Å². The van der Waals surface area contributed by atoms with Gasteiger partial charge in [-0.3, -0.25) is 9.48 Å². The number of aryl methyl sites for hydroxylation is 1. The molecular formula is C17H22N4O2. The molecule has 0 aliphatic heterocycles. The van der Waals surface area contributed by atoms with Gasteiger partial charge in [0.15, 0.2) is 0 Å². The van der Waals surface area contributed by atoms with E-state index in [4.69, 9.17) is 4.74 Å². The number of hydrogen-bond acceptors (Lipinski definition) is 4. The fourth-order valence-electron chi connectivity index (χ4n) is 2.92. The van der Waals surface area contributed by atoms with Crippen molar-refractivity contribution < 1.29 is 9.53 Å². The van der Waals surface area contributed by atoms with Gasteiger partial charge in [-0.2, -0.15) is 5.10 Å². The Kier molecular flexibility index (Phi) is 5.24. The third kappa shape index (κ3) is 4.55. The second-order valence-corrected chi connectivity index (χ2v) is 5.84. The normalized spacial score (nSPS) is 20.9. The van der Waals surface area contributed by atoms with Gasteiger partial charge >= 0.3 is 0 Å². The van der Waals surface area contributed by atoms with Crippen LogP contribution in [-0.4, -0.2) is 32.8 Å². The summed E-state index contributed by atoms with van der Waals surface area (Å²) in [7, 11) is 0. The van der Waals surface area contributed by atoms with Crippen LogP contribution in [0.2, 0.25) is 0 Å². The van der Waals surface area contributed by atoms with Gasteiger partial charge in [0.05, 0.1) is 12.6 Å². The molecule has 1 aromatic heterocycles. The number of carbonyl (C=O) groups is 1. The second kappa shape index (κ2) is 7.76. The van der Waals surface area contributed by atoms with Gasteiger partial charge in [0.2, 0.25) is 5.91 Å². The SMILES string of the molecule is O=C(CCn1cncn1)N[C@@H]1CCCC[C@H]1Oc1ccccc1. The summed E-state index contributed by atoms with van der Waals surface area (Å²) >= 11 is 0. The Morgan fingerprint density at radius 2 is 2.09 bits per heavy atom. The van der Waals surface area contributed by atoms with Crippen LogP contribution in [0.5, 0.6) is 5.75 Å². The molecule has 0 unspecified atom stereocenters. The Balaban J connectivity index is 1.52. The molecule has 6 heteroatoms. The molecule has 3 rings (SSSR count). The minimum atomic E-state index is 0.0362. The van der Waals surface area contributed by atoms with E-state index in [9.17, 15) is 4.79 Å². The lowest BCUT2D eigenvalue weighted by Crippen LogP contribution is -2.47. The van der Waals surface area contributed by atoms with Crippen LogP contribution in [-0.2, 0) is 11.3 Å². The lowest BCUT2D eigenvalue weighted by atomic mass is 9.92. The smallest absolute Gasteiger partial charge is 0.222 e. The van der Waals surface area contributed by atoms with E-state index in [0.717, 1.165) is 31.4 Å². The lowest BCUT2D eigenvalue weighted by molar-refractivity contribution is -0.123. The first-order valence-electron chi connectivity index (χ1n) is 8.15. The fourth-order valence-corrected chi connectivity index (χ4v) is 2.92. The zero-order valence-electron chi connectivity index (χ0n) is 13.1. The van der Waals surface area contributed by atoms with E-state index in [0.29, 0.717) is 13.0 Å². The van der Waals surface area contributed by atoms with Gasteiger partial charge in [-0.25, -0.2) is 4.98 Å². The van der Waals surface area contributed by atoms with E-state index < -0.39 is 0 Å². The van der Waals surface area contributed by atoms with Crippen molar-refractivity contribution in [2.45, 2.75) is 50.8 Å². The molecule has 1 N–H and O–H groups in total. The molecule has 0 saturated heterocycles. The molecule has 23 heavy (non-hydrogen) atoms. The van der Waals surface area contributed by atoms with Crippen molar-refractivity contribution in [3.8, 4) is 5.75 Å². The van der Waals surface area contributed by atoms with Crippen molar-refractivity contribution in [3.63, 3.8) is 0 Å². The van der Waals surface area contributed by atoms with Gasteiger partial charge in [0, 0.05) is 6.42 Å². The minimum Gasteiger partial charge on any atom is -0.488 e. The molecule has 0 radical (unpaired) electrons. The summed E-state index contributed by atoms with van der Waals surface area (Å²) in [6, 6.07) is 9.88. The second-order valence-electron chi connectivity index (χ2n) is 5.84. The van der Waals surface area contributed by atoms with Crippen LogP contribution in [0.1, 0.15) is 32.1 Å². The van der Waals surface area contributed by atoms with Gasteiger partial charge < -0.3 is 10.1 Å². The van der Waals surface area contributed by atoms with Crippen molar-refractivity contribution in [3.05, 3.63) is 43.0 Å². The maximum absolute atomic E-state index is 12.2. The quantitative estimate of drug-likeness (QED) is 0.887. The van der Waals surface area contributed by atoms with Crippen LogP contribution in [0.3, 0.4) is 0 Å². The number of para-hydroxylation sites is 1. The molecule has 2 atom stereocenters.